The summed E-state index contributed by atoms with van der Waals surface area (Å²) in [5.41, 5.74) is 2.11. The molecule has 0 saturated carbocycles. The fourth-order valence-corrected chi connectivity index (χ4v) is 4.18. The van der Waals surface area contributed by atoms with Crippen molar-refractivity contribution in [2.24, 2.45) is 0 Å². The number of amides is 1. The predicted molar refractivity (Wildman–Crippen MR) is 137 cm³/mol. The lowest BCUT2D eigenvalue weighted by molar-refractivity contribution is 0.102. The number of hydrogen-bond donors (Lipinski definition) is 3. The van der Waals surface area contributed by atoms with E-state index < -0.39 is 15.9 Å². The Kier molecular flexibility index (Phi) is 7.25. The Bertz CT molecular complexity index is 1420. The highest BCUT2D eigenvalue weighted by atomic mass is 32.2. The van der Waals surface area contributed by atoms with E-state index in [0.717, 1.165) is 11.8 Å². The molecule has 1 amide bonds. The van der Waals surface area contributed by atoms with Crippen LogP contribution in [-0.2, 0) is 15.4 Å². The van der Waals surface area contributed by atoms with E-state index in [2.05, 4.69) is 15.0 Å². The summed E-state index contributed by atoms with van der Waals surface area (Å²) in [6.45, 7) is 6.02. The fourth-order valence-electron chi connectivity index (χ4n) is 3.61. The van der Waals surface area contributed by atoms with Gasteiger partial charge in [-0.2, -0.15) is 0 Å². The van der Waals surface area contributed by atoms with Gasteiger partial charge >= 0.3 is 0 Å². The third-order valence-electron chi connectivity index (χ3n) is 5.24. The van der Waals surface area contributed by atoms with E-state index >= 15 is 0 Å². The third kappa shape index (κ3) is 6.02. The van der Waals surface area contributed by atoms with Crippen LogP contribution in [0.2, 0.25) is 0 Å². The van der Waals surface area contributed by atoms with Crippen LogP contribution in [-0.4, -0.2) is 39.8 Å². The summed E-state index contributed by atoms with van der Waals surface area (Å²) >= 11 is 0. The summed E-state index contributed by atoms with van der Waals surface area (Å²) in [7, 11) is -0.632. The molecule has 2 aromatic carbocycles. The molecule has 0 unspecified atom stereocenters. The SMILES string of the molecule is COc1cc(C(=O)Nc2cc(-c3ccc[nH]c3=O)cc(C(C)(C)C)c2OC)ccc1NS(C)(=O)=O. The molecule has 3 aromatic rings. The summed E-state index contributed by atoms with van der Waals surface area (Å²) < 4.78 is 36.5. The molecular formula is C25H29N3O6S. The number of anilines is 2. The maximum absolute atomic E-state index is 13.2. The lowest BCUT2D eigenvalue weighted by atomic mass is 9.84. The number of aromatic nitrogens is 1. The Hall–Kier alpha value is -3.79. The minimum Gasteiger partial charge on any atom is -0.495 e. The Morgan fingerprint density at radius 3 is 2.29 bits per heavy atom. The highest BCUT2D eigenvalue weighted by Crippen LogP contribution is 2.40. The maximum atomic E-state index is 13.2. The van der Waals surface area contributed by atoms with Crippen molar-refractivity contribution in [3.8, 4) is 22.6 Å². The van der Waals surface area contributed by atoms with Crippen molar-refractivity contribution >= 4 is 27.3 Å². The zero-order valence-corrected chi connectivity index (χ0v) is 21.3. The van der Waals surface area contributed by atoms with E-state index in [1.807, 2.05) is 26.8 Å². The molecule has 1 aromatic heterocycles. The molecular weight excluding hydrogens is 470 g/mol. The van der Waals surface area contributed by atoms with Crippen LogP contribution in [0.1, 0.15) is 36.7 Å². The number of ether oxygens (including phenoxy) is 2. The van der Waals surface area contributed by atoms with Gasteiger partial charge in [0.2, 0.25) is 10.0 Å². The molecule has 186 valence electrons. The lowest BCUT2D eigenvalue weighted by Gasteiger charge is -2.25. The standard InChI is InChI=1S/C25H29N3O6S/c1-25(2,3)18-12-16(17-8-7-11-26-24(17)30)13-20(22(18)34-5)27-23(29)15-9-10-19(21(14-15)33-4)28-35(6,31)32/h7-14,28H,1-6H3,(H,26,30)(H,27,29). The fraction of sp³-hybridized carbons (Fsp3) is 0.280. The van der Waals surface area contributed by atoms with Gasteiger partial charge in [0.05, 0.1) is 31.9 Å². The number of aromatic amines is 1. The number of methoxy groups -OCH3 is 2. The smallest absolute Gasteiger partial charge is 0.255 e. The van der Waals surface area contributed by atoms with Crippen LogP contribution in [0.5, 0.6) is 11.5 Å². The number of hydrogen-bond acceptors (Lipinski definition) is 6. The first-order valence-electron chi connectivity index (χ1n) is 10.7. The zero-order valence-electron chi connectivity index (χ0n) is 20.5. The van der Waals surface area contributed by atoms with E-state index in [9.17, 15) is 18.0 Å². The highest BCUT2D eigenvalue weighted by Gasteiger charge is 2.25. The highest BCUT2D eigenvalue weighted by molar-refractivity contribution is 7.92. The van der Waals surface area contributed by atoms with Crippen molar-refractivity contribution in [3.05, 3.63) is 70.1 Å². The average molecular weight is 500 g/mol. The van der Waals surface area contributed by atoms with Gasteiger partial charge in [0, 0.05) is 22.9 Å². The molecule has 0 atom stereocenters. The molecule has 35 heavy (non-hydrogen) atoms. The summed E-state index contributed by atoms with van der Waals surface area (Å²) in [5.74, 6) is 0.200. The Morgan fingerprint density at radius 1 is 1.00 bits per heavy atom. The first-order valence-corrected chi connectivity index (χ1v) is 12.6. The van der Waals surface area contributed by atoms with Gasteiger partial charge in [0.1, 0.15) is 11.5 Å². The Balaban J connectivity index is 2.09. The molecule has 3 rings (SSSR count). The normalized spacial score (nSPS) is 11.6. The number of rotatable bonds is 7. The maximum Gasteiger partial charge on any atom is 0.255 e. The summed E-state index contributed by atoms with van der Waals surface area (Å²) in [4.78, 5) is 28.3. The van der Waals surface area contributed by atoms with Crippen LogP contribution < -0.4 is 25.1 Å². The average Bonchev–Trinajstić information content (AvgIpc) is 2.77. The van der Waals surface area contributed by atoms with E-state index in [-0.39, 0.29) is 28.0 Å². The van der Waals surface area contributed by atoms with Gasteiger partial charge < -0.3 is 19.8 Å². The minimum atomic E-state index is -3.53. The van der Waals surface area contributed by atoms with Gasteiger partial charge in [-0.25, -0.2) is 8.42 Å². The molecule has 0 aliphatic carbocycles. The van der Waals surface area contributed by atoms with Gasteiger partial charge in [0.25, 0.3) is 11.5 Å². The molecule has 0 aliphatic rings. The van der Waals surface area contributed by atoms with E-state index in [4.69, 9.17) is 9.47 Å². The second kappa shape index (κ2) is 9.83. The number of benzene rings is 2. The largest absolute Gasteiger partial charge is 0.495 e. The first kappa shape index (κ1) is 25.8. The number of carbonyl (C=O) groups is 1. The van der Waals surface area contributed by atoms with Crippen LogP contribution in [0.3, 0.4) is 0 Å². The number of pyridine rings is 1. The number of nitrogens with one attached hydrogen (secondary N) is 3. The van der Waals surface area contributed by atoms with Gasteiger partial charge in [-0.15, -0.1) is 0 Å². The summed E-state index contributed by atoms with van der Waals surface area (Å²) in [5, 5.41) is 2.87. The van der Waals surface area contributed by atoms with Crippen LogP contribution in [0, 0.1) is 0 Å². The quantitative estimate of drug-likeness (QED) is 0.451. The van der Waals surface area contributed by atoms with Crippen LogP contribution >= 0.6 is 0 Å². The predicted octanol–water partition coefficient (Wildman–Crippen LogP) is 3.98. The molecule has 0 spiro atoms. The van der Waals surface area contributed by atoms with Gasteiger partial charge in [0.15, 0.2) is 0 Å². The molecule has 0 aliphatic heterocycles. The first-order chi connectivity index (χ1) is 16.3. The van der Waals surface area contributed by atoms with Gasteiger partial charge in [-0.05, 0) is 53.4 Å². The van der Waals surface area contributed by atoms with Crippen LogP contribution in [0.4, 0.5) is 11.4 Å². The van der Waals surface area contributed by atoms with Crippen molar-refractivity contribution in [1.29, 1.82) is 0 Å². The summed E-state index contributed by atoms with van der Waals surface area (Å²) in [6, 6.07) is 11.4. The molecule has 0 fully saturated rings. The van der Waals surface area contributed by atoms with Crippen molar-refractivity contribution in [2.75, 3.05) is 30.5 Å². The van der Waals surface area contributed by atoms with E-state index in [1.54, 1.807) is 24.4 Å². The van der Waals surface area contributed by atoms with Gasteiger partial charge in [-0.3, -0.25) is 14.3 Å². The molecule has 0 saturated heterocycles. The van der Waals surface area contributed by atoms with Gasteiger partial charge in [-0.1, -0.05) is 20.8 Å². The molecule has 0 radical (unpaired) electrons. The molecule has 9 nitrogen and oxygen atoms in total. The Labute approximate surface area is 204 Å². The van der Waals surface area contributed by atoms with E-state index in [1.165, 1.54) is 32.4 Å². The van der Waals surface area contributed by atoms with Crippen molar-refractivity contribution in [2.45, 2.75) is 26.2 Å². The Morgan fingerprint density at radius 2 is 1.71 bits per heavy atom. The van der Waals surface area contributed by atoms with Crippen LogP contribution in [0.25, 0.3) is 11.1 Å². The molecule has 1 heterocycles. The second-order valence-corrected chi connectivity index (χ2v) is 10.8. The lowest BCUT2D eigenvalue weighted by Crippen LogP contribution is -2.18. The van der Waals surface area contributed by atoms with Crippen molar-refractivity contribution < 1.29 is 22.7 Å². The molecule has 3 N–H and O–H groups in total. The van der Waals surface area contributed by atoms with Crippen molar-refractivity contribution in [1.82, 2.24) is 4.98 Å². The van der Waals surface area contributed by atoms with Crippen molar-refractivity contribution in [3.63, 3.8) is 0 Å². The number of sulfonamides is 1. The van der Waals surface area contributed by atoms with Crippen LogP contribution in [0.15, 0.2) is 53.5 Å². The molecule has 0 bridgehead atoms. The monoisotopic (exact) mass is 499 g/mol. The number of H-pyrrole nitrogens is 1. The second-order valence-electron chi connectivity index (χ2n) is 9.01. The molecule has 10 heteroatoms. The number of carbonyl (C=O) groups excluding carboxylic acids is 1. The zero-order chi connectivity index (χ0) is 26.0. The third-order valence-corrected chi connectivity index (χ3v) is 5.83. The summed E-state index contributed by atoms with van der Waals surface area (Å²) in [6.07, 6.45) is 2.58. The minimum absolute atomic E-state index is 0.190. The topological polar surface area (TPSA) is 127 Å². The van der Waals surface area contributed by atoms with E-state index in [0.29, 0.717) is 22.6 Å².